The second-order valence-corrected chi connectivity index (χ2v) is 6.32. The van der Waals surface area contributed by atoms with Crippen molar-refractivity contribution in [2.24, 2.45) is 5.10 Å². The zero-order valence-corrected chi connectivity index (χ0v) is 15.8. The third kappa shape index (κ3) is 4.96. The number of aromatic hydroxyl groups is 1. The minimum Gasteiger partial charge on any atom is -0.503 e. The molecule has 0 spiro atoms. The molecule has 0 fully saturated rings. The molecule has 2 aromatic rings. The molecule has 0 radical (unpaired) electrons. The second kappa shape index (κ2) is 8.53. The third-order valence-electron chi connectivity index (χ3n) is 3.57. The number of nitrogens with zero attached hydrogens (tertiary/aromatic N) is 1. The molecule has 132 valence electrons. The summed E-state index contributed by atoms with van der Waals surface area (Å²) < 4.78 is 5.55. The zero-order valence-electron chi connectivity index (χ0n) is 14.2. The van der Waals surface area contributed by atoms with Gasteiger partial charge in [-0.1, -0.05) is 18.2 Å². The number of carbonyl (C=O) groups is 1. The van der Waals surface area contributed by atoms with Crippen LogP contribution in [0.3, 0.4) is 0 Å². The number of benzene rings is 2. The highest BCUT2D eigenvalue weighted by Crippen LogP contribution is 2.34. The summed E-state index contributed by atoms with van der Waals surface area (Å²) in [5, 5.41) is 16.9. The molecular formula is C18H20BrN3O3. The molecule has 0 aliphatic rings. The summed E-state index contributed by atoms with van der Waals surface area (Å²) in [6.07, 6.45) is 1.48. The van der Waals surface area contributed by atoms with Gasteiger partial charge in [0.1, 0.15) is 6.04 Å². The lowest BCUT2D eigenvalue weighted by Crippen LogP contribution is -2.35. The molecule has 0 aliphatic carbocycles. The number of carbonyl (C=O) groups excluding carboxylic acids is 1. The summed E-state index contributed by atoms with van der Waals surface area (Å²) in [5.74, 6) is 0.0702. The highest BCUT2D eigenvalue weighted by atomic mass is 79.9. The van der Waals surface area contributed by atoms with Crippen LogP contribution in [0.15, 0.2) is 46.0 Å². The van der Waals surface area contributed by atoms with Gasteiger partial charge in [-0.15, -0.1) is 0 Å². The van der Waals surface area contributed by atoms with E-state index in [9.17, 15) is 9.90 Å². The number of hydrogen-bond acceptors (Lipinski definition) is 5. The van der Waals surface area contributed by atoms with Crippen molar-refractivity contribution in [2.75, 3.05) is 12.4 Å². The number of halogens is 1. The first-order chi connectivity index (χ1) is 11.9. The summed E-state index contributed by atoms with van der Waals surface area (Å²) in [5.41, 5.74) is 5.13. The van der Waals surface area contributed by atoms with Gasteiger partial charge in [-0.05, 0) is 59.1 Å². The number of aryl methyl sites for hydroxylation is 1. The maximum absolute atomic E-state index is 12.1. The van der Waals surface area contributed by atoms with E-state index in [0.717, 1.165) is 11.3 Å². The number of ether oxygens (including phenoxy) is 1. The Morgan fingerprint density at radius 3 is 2.76 bits per heavy atom. The molecular weight excluding hydrogens is 386 g/mol. The van der Waals surface area contributed by atoms with E-state index in [1.54, 1.807) is 19.1 Å². The molecule has 0 saturated heterocycles. The van der Waals surface area contributed by atoms with Crippen LogP contribution in [-0.4, -0.2) is 30.4 Å². The molecule has 3 N–H and O–H groups in total. The number of hydrogen-bond donors (Lipinski definition) is 3. The van der Waals surface area contributed by atoms with Crippen molar-refractivity contribution in [1.29, 1.82) is 0 Å². The molecule has 2 aromatic carbocycles. The SMILES string of the molecule is COc1cc(/C=N\NC(=O)[C@@H](C)Nc2ccccc2C)cc(Br)c1O. The first kappa shape index (κ1) is 18.8. The smallest absolute Gasteiger partial charge is 0.262 e. The van der Waals surface area contributed by atoms with E-state index in [1.165, 1.54) is 13.3 Å². The van der Waals surface area contributed by atoms with Gasteiger partial charge < -0.3 is 15.2 Å². The van der Waals surface area contributed by atoms with E-state index in [0.29, 0.717) is 15.8 Å². The average Bonchev–Trinajstić information content (AvgIpc) is 2.59. The van der Waals surface area contributed by atoms with E-state index in [4.69, 9.17) is 4.74 Å². The van der Waals surface area contributed by atoms with Crippen LogP contribution in [0.4, 0.5) is 5.69 Å². The van der Waals surface area contributed by atoms with Crippen LogP contribution in [0.25, 0.3) is 0 Å². The van der Waals surface area contributed by atoms with Gasteiger partial charge in [0.15, 0.2) is 11.5 Å². The molecule has 1 amide bonds. The maximum Gasteiger partial charge on any atom is 0.262 e. The lowest BCUT2D eigenvalue weighted by molar-refractivity contribution is -0.121. The Labute approximate surface area is 155 Å². The van der Waals surface area contributed by atoms with Gasteiger partial charge in [-0.3, -0.25) is 4.79 Å². The highest BCUT2D eigenvalue weighted by molar-refractivity contribution is 9.10. The van der Waals surface area contributed by atoms with Crippen molar-refractivity contribution in [1.82, 2.24) is 5.43 Å². The monoisotopic (exact) mass is 405 g/mol. The molecule has 0 aromatic heterocycles. The number of para-hydroxylation sites is 1. The van der Waals surface area contributed by atoms with Crippen molar-refractivity contribution in [2.45, 2.75) is 19.9 Å². The van der Waals surface area contributed by atoms with Gasteiger partial charge in [0.25, 0.3) is 5.91 Å². The number of phenolic OH excluding ortho intramolecular Hbond substituents is 1. The number of phenols is 1. The van der Waals surface area contributed by atoms with Crippen LogP contribution in [0.1, 0.15) is 18.1 Å². The van der Waals surface area contributed by atoms with Gasteiger partial charge in [0, 0.05) is 5.69 Å². The van der Waals surface area contributed by atoms with Gasteiger partial charge in [-0.2, -0.15) is 5.10 Å². The van der Waals surface area contributed by atoms with Gasteiger partial charge in [-0.25, -0.2) is 5.43 Å². The van der Waals surface area contributed by atoms with Crippen LogP contribution in [0.2, 0.25) is 0 Å². The van der Waals surface area contributed by atoms with Crippen LogP contribution >= 0.6 is 15.9 Å². The van der Waals surface area contributed by atoms with Crippen molar-refractivity contribution >= 4 is 33.7 Å². The van der Waals surface area contributed by atoms with Crippen molar-refractivity contribution in [3.05, 3.63) is 52.0 Å². The first-order valence-electron chi connectivity index (χ1n) is 7.64. The molecule has 2 rings (SSSR count). The van der Waals surface area contributed by atoms with E-state index in [2.05, 4.69) is 31.8 Å². The number of anilines is 1. The number of rotatable bonds is 6. The lowest BCUT2D eigenvalue weighted by Gasteiger charge is -2.15. The Morgan fingerprint density at radius 1 is 1.36 bits per heavy atom. The number of amides is 1. The number of nitrogens with one attached hydrogen (secondary N) is 2. The fraction of sp³-hybridized carbons (Fsp3) is 0.222. The van der Waals surface area contributed by atoms with Gasteiger partial charge in [0.05, 0.1) is 17.8 Å². The Hall–Kier alpha value is -2.54. The predicted molar refractivity (Wildman–Crippen MR) is 102 cm³/mol. The van der Waals surface area contributed by atoms with Gasteiger partial charge >= 0.3 is 0 Å². The van der Waals surface area contributed by atoms with Crippen LogP contribution < -0.4 is 15.5 Å². The zero-order chi connectivity index (χ0) is 18.4. The Balaban J connectivity index is 1.98. The molecule has 1 atom stereocenters. The minimum absolute atomic E-state index is 0.0136. The predicted octanol–water partition coefficient (Wildman–Crippen LogP) is 3.42. The maximum atomic E-state index is 12.1. The van der Waals surface area contributed by atoms with Crippen LogP contribution in [-0.2, 0) is 4.79 Å². The topological polar surface area (TPSA) is 83.0 Å². The largest absolute Gasteiger partial charge is 0.503 e. The molecule has 0 unspecified atom stereocenters. The molecule has 25 heavy (non-hydrogen) atoms. The molecule has 0 bridgehead atoms. The summed E-state index contributed by atoms with van der Waals surface area (Å²) in [4.78, 5) is 12.1. The van der Waals surface area contributed by atoms with Gasteiger partial charge in [0.2, 0.25) is 0 Å². The fourth-order valence-corrected chi connectivity index (χ4v) is 2.58. The molecule has 0 heterocycles. The van der Waals surface area contributed by atoms with E-state index < -0.39 is 6.04 Å². The Morgan fingerprint density at radius 2 is 2.08 bits per heavy atom. The summed E-state index contributed by atoms with van der Waals surface area (Å²) in [6.45, 7) is 3.73. The van der Waals surface area contributed by atoms with Crippen molar-refractivity contribution < 1.29 is 14.6 Å². The molecule has 0 saturated carbocycles. The number of hydrazone groups is 1. The molecule has 0 aliphatic heterocycles. The fourth-order valence-electron chi connectivity index (χ4n) is 2.12. The quantitative estimate of drug-likeness (QED) is 0.507. The Kier molecular flexibility index (Phi) is 6.41. The van der Waals surface area contributed by atoms with E-state index in [1.807, 2.05) is 31.2 Å². The third-order valence-corrected chi connectivity index (χ3v) is 4.17. The minimum atomic E-state index is -0.445. The summed E-state index contributed by atoms with van der Waals surface area (Å²) >= 11 is 3.24. The molecule has 6 nitrogen and oxygen atoms in total. The standard InChI is InChI=1S/C18H20BrN3O3/c1-11-6-4-5-7-15(11)21-12(2)18(24)22-20-10-13-8-14(19)17(23)16(9-13)25-3/h4-10,12,21,23H,1-3H3,(H,22,24)/b20-10-/t12-/m1/s1. The normalized spacial score (nSPS) is 12.0. The molecule has 7 heteroatoms. The highest BCUT2D eigenvalue weighted by Gasteiger charge is 2.12. The van der Waals surface area contributed by atoms with E-state index >= 15 is 0 Å². The number of methoxy groups -OCH3 is 1. The van der Waals surface area contributed by atoms with Crippen molar-refractivity contribution in [3.8, 4) is 11.5 Å². The van der Waals surface area contributed by atoms with E-state index in [-0.39, 0.29) is 11.7 Å². The summed E-state index contributed by atoms with van der Waals surface area (Å²) in [6, 6.07) is 10.6. The first-order valence-corrected chi connectivity index (χ1v) is 8.43. The lowest BCUT2D eigenvalue weighted by atomic mass is 10.2. The van der Waals surface area contributed by atoms with Crippen LogP contribution in [0, 0.1) is 6.92 Å². The Bertz CT molecular complexity index is 793. The van der Waals surface area contributed by atoms with Crippen LogP contribution in [0.5, 0.6) is 11.5 Å². The average molecular weight is 406 g/mol. The summed E-state index contributed by atoms with van der Waals surface area (Å²) in [7, 11) is 1.46. The second-order valence-electron chi connectivity index (χ2n) is 5.47. The van der Waals surface area contributed by atoms with Crippen molar-refractivity contribution in [3.63, 3.8) is 0 Å².